The molecule has 1 aromatic carbocycles. The Labute approximate surface area is 109 Å². The van der Waals surface area contributed by atoms with Crippen molar-refractivity contribution in [3.8, 4) is 0 Å². The molecule has 0 aromatic heterocycles. The summed E-state index contributed by atoms with van der Waals surface area (Å²) in [5.41, 5.74) is 0.895. The smallest absolute Gasteiger partial charge is 0.230 e. The van der Waals surface area contributed by atoms with Crippen molar-refractivity contribution in [2.45, 2.75) is 12.8 Å². The number of likely N-dealkylation sites (tertiary alicyclic amines) is 1. The van der Waals surface area contributed by atoms with Crippen molar-refractivity contribution < 1.29 is 9.59 Å². The standard InChI is InChI=1S/C12H11Cl2NO2/c13-9-1-2-11(14)8(5-9)3-4-15-7-10(16)6-12(15)17/h1-2,5H,3-4,6-7H2. The third kappa shape index (κ3) is 2.99. The summed E-state index contributed by atoms with van der Waals surface area (Å²) in [5, 5.41) is 1.25. The molecule has 90 valence electrons. The van der Waals surface area contributed by atoms with Crippen molar-refractivity contribution in [1.82, 2.24) is 4.90 Å². The van der Waals surface area contributed by atoms with Crippen molar-refractivity contribution in [2.75, 3.05) is 13.1 Å². The first-order valence-electron chi connectivity index (χ1n) is 5.29. The van der Waals surface area contributed by atoms with Crippen LogP contribution in [-0.4, -0.2) is 29.7 Å². The molecular formula is C12H11Cl2NO2. The van der Waals surface area contributed by atoms with Gasteiger partial charge in [-0.3, -0.25) is 9.59 Å². The molecule has 5 heteroatoms. The highest BCUT2D eigenvalue weighted by atomic mass is 35.5. The minimum absolute atomic E-state index is 0.0211. The maximum atomic E-state index is 11.4. The number of ketones is 1. The topological polar surface area (TPSA) is 37.4 Å². The Kier molecular flexibility index (Phi) is 3.69. The van der Waals surface area contributed by atoms with Crippen molar-refractivity contribution in [3.05, 3.63) is 33.8 Å². The SMILES string of the molecule is O=C1CC(=O)N(CCc2cc(Cl)ccc2Cl)C1. The van der Waals surface area contributed by atoms with Crippen LogP contribution in [0.4, 0.5) is 0 Å². The molecule has 1 fully saturated rings. The fourth-order valence-electron chi connectivity index (χ4n) is 1.83. The number of amides is 1. The van der Waals surface area contributed by atoms with Gasteiger partial charge in [0.2, 0.25) is 5.91 Å². The molecule has 0 atom stereocenters. The molecule has 0 spiro atoms. The molecule has 1 aliphatic heterocycles. The molecule has 1 aromatic rings. The molecular weight excluding hydrogens is 261 g/mol. The normalized spacial score (nSPS) is 15.8. The number of nitrogens with zero attached hydrogens (tertiary/aromatic N) is 1. The summed E-state index contributed by atoms with van der Waals surface area (Å²) in [4.78, 5) is 24.0. The molecule has 0 radical (unpaired) electrons. The third-order valence-electron chi connectivity index (χ3n) is 2.73. The second-order valence-corrected chi connectivity index (χ2v) is 4.86. The molecule has 1 amide bonds. The quantitative estimate of drug-likeness (QED) is 0.792. The predicted octanol–water partition coefficient (Wildman–Crippen LogP) is 2.34. The van der Waals surface area contributed by atoms with Gasteiger partial charge >= 0.3 is 0 Å². The fraction of sp³-hybridized carbons (Fsp3) is 0.333. The number of Topliss-reactive ketones (excluding diaryl/α,β-unsaturated/α-hetero) is 1. The first-order valence-corrected chi connectivity index (χ1v) is 6.05. The molecule has 3 nitrogen and oxygen atoms in total. The van der Waals surface area contributed by atoms with Gasteiger partial charge in [0, 0.05) is 16.6 Å². The average Bonchev–Trinajstić information content (AvgIpc) is 2.59. The van der Waals surface area contributed by atoms with Crippen LogP contribution < -0.4 is 0 Å². The maximum Gasteiger partial charge on any atom is 0.230 e. The van der Waals surface area contributed by atoms with Crippen LogP contribution in [-0.2, 0) is 16.0 Å². The highest BCUT2D eigenvalue weighted by Crippen LogP contribution is 2.21. The van der Waals surface area contributed by atoms with E-state index in [1.54, 1.807) is 23.1 Å². The number of benzene rings is 1. The first kappa shape index (κ1) is 12.4. The van der Waals surface area contributed by atoms with E-state index in [0.717, 1.165) is 5.56 Å². The van der Waals surface area contributed by atoms with Gasteiger partial charge in [-0.15, -0.1) is 0 Å². The number of rotatable bonds is 3. The molecule has 0 aliphatic carbocycles. The van der Waals surface area contributed by atoms with Crippen molar-refractivity contribution in [3.63, 3.8) is 0 Å². The lowest BCUT2D eigenvalue weighted by Gasteiger charge is -2.14. The molecule has 0 N–H and O–H groups in total. The van der Waals surface area contributed by atoms with E-state index in [9.17, 15) is 9.59 Å². The molecule has 0 bridgehead atoms. The Hall–Kier alpha value is -1.06. The van der Waals surface area contributed by atoms with Gasteiger partial charge in [0.05, 0.1) is 13.0 Å². The van der Waals surface area contributed by atoms with Crippen molar-refractivity contribution >= 4 is 34.9 Å². The number of hydrogen-bond donors (Lipinski definition) is 0. The second kappa shape index (κ2) is 5.07. The van der Waals surface area contributed by atoms with E-state index in [-0.39, 0.29) is 24.7 Å². The Bertz CT molecular complexity index is 474. The zero-order valence-electron chi connectivity index (χ0n) is 9.08. The maximum absolute atomic E-state index is 11.4. The predicted molar refractivity (Wildman–Crippen MR) is 66.4 cm³/mol. The van der Waals surface area contributed by atoms with Gasteiger partial charge in [0.15, 0.2) is 5.78 Å². The van der Waals surface area contributed by atoms with E-state index in [2.05, 4.69) is 0 Å². The molecule has 17 heavy (non-hydrogen) atoms. The van der Waals surface area contributed by atoms with E-state index in [1.807, 2.05) is 0 Å². The molecule has 0 unspecified atom stereocenters. The monoisotopic (exact) mass is 271 g/mol. The average molecular weight is 272 g/mol. The lowest BCUT2D eigenvalue weighted by atomic mass is 10.1. The highest BCUT2D eigenvalue weighted by Gasteiger charge is 2.26. The van der Waals surface area contributed by atoms with Gasteiger partial charge in [-0.25, -0.2) is 0 Å². The second-order valence-electron chi connectivity index (χ2n) is 4.02. The van der Waals surface area contributed by atoms with Gasteiger partial charge < -0.3 is 4.90 Å². The molecule has 1 saturated heterocycles. The Morgan fingerprint density at radius 2 is 2.00 bits per heavy atom. The van der Waals surface area contributed by atoms with Gasteiger partial charge in [-0.05, 0) is 30.2 Å². The summed E-state index contributed by atoms with van der Waals surface area (Å²) in [6.07, 6.45) is 0.641. The molecule has 2 rings (SSSR count). The molecule has 1 heterocycles. The fourth-order valence-corrected chi connectivity index (χ4v) is 2.24. The highest BCUT2D eigenvalue weighted by molar-refractivity contribution is 6.33. The largest absolute Gasteiger partial charge is 0.335 e. The summed E-state index contributed by atoms with van der Waals surface area (Å²) in [6.45, 7) is 0.724. The van der Waals surface area contributed by atoms with Crippen LogP contribution in [0.15, 0.2) is 18.2 Å². The Balaban J connectivity index is 2.00. The van der Waals surface area contributed by atoms with Gasteiger partial charge in [0.1, 0.15) is 0 Å². The number of carbonyl (C=O) groups is 2. The summed E-state index contributed by atoms with van der Waals surface area (Å²) in [5.74, 6) is -0.125. The number of carbonyl (C=O) groups excluding carboxylic acids is 2. The van der Waals surface area contributed by atoms with E-state index < -0.39 is 0 Å². The Morgan fingerprint density at radius 3 is 2.65 bits per heavy atom. The van der Waals surface area contributed by atoms with E-state index >= 15 is 0 Å². The van der Waals surface area contributed by atoms with Crippen LogP contribution in [0.2, 0.25) is 10.0 Å². The van der Waals surface area contributed by atoms with Gasteiger partial charge in [-0.2, -0.15) is 0 Å². The van der Waals surface area contributed by atoms with Gasteiger partial charge in [-0.1, -0.05) is 23.2 Å². The molecule has 1 aliphatic rings. The van der Waals surface area contributed by atoms with Gasteiger partial charge in [0.25, 0.3) is 0 Å². The number of halogens is 2. The summed E-state index contributed by atoms with van der Waals surface area (Å²) >= 11 is 11.9. The minimum Gasteiger partial charge on any atom is -0.335 e. The third-order valence-corrected chi connectivity index (χ3v) is 3.33. The van der Waals surface area contributed by atoms with Crippen LogP contribution >= 0.6 is 23.2 Å². The lowest BCUT2D eigenvalue weighted by Crippen LogP contribution is -2.27. The van der Waals surface area contributed by atoms with Crippen molar-refractivity contribution in [1.29, 1.82) is 0 Å². The van der Waals surface area contributed by atoms with Crippen LogP contribution in [0.1, 0.15) is 12.0 Å². The number of hydrogen-bond acceptors (Lipinski definition) is 2. The zero-order valence-corrected chi connectivity index (χ0v) is 10.6. The van der Waals surface area contributed by atoms with E-state index in [0.29, 0.717) is 23.0 Å². The Morgan fingerprint density at radius 1 is 1.24 bits per heavy atom. The minimum atomic E-state index is -0.104. The van der Waals surface area contributed by atoms with Crippen molar-refractivity contribution in [2.24, 2.45) is 0 Å². The lowest BCUT2D eigenvalue weighted by molar-refractivity contribution is -0.127. The van der Waals surface area contributed by atoms with Crippen LogP contribution in [0.3, 0.4) is 0 Å². The van der Waals surface area contributed by atoms with Crippen LogP contribution in [0, 0.1) is 0 Å². The molecule has 0 saturated carbocycles. The first-order chi connectivity index (χ1) is 8.06. The summed E-state index contributed by atoms with van der Waals surface area (Å²) < 4.78 is 0. The van der Waals surface area contributed by atoms with Crippen LogP contribution in [0.5, 0.6) is 0 Å². The summed E-state index contributed by atoms with van der Waals surface area (Å²) in [7, 11) is 0. The van der Waals surface area contributed by atoms with Crippen LogP contribution in [0.25, 0.3) is 0 Å². The van der Waals surface area contributed by atoms with E-state index in [4.69, 9.17) is 23.2 Å². The zero-order chi connectivity index (χ0) is 12.4. The summed E-state index contributed by atoms with van der Waals surface area (Å²) in [6, 6.07) is 5.24. The van der Waals surface area contributed by atoms with E-state index in [1.165, 1.54) is 0 Å².